The van der Waals surface area contributed by atoms with Crippen LogP contribution < -0.4 is 15.0 Å². The fraction of sp³-hybridized carbons (Fsp3) is 0.409. The van der Waals surface area contributed by atoms with Gasteiger partial charge >= 0.3 is 0 Å². The Morgan fingerprint density at radius 2 is 1.79 bits per heavy atom. The van der Waals surface area contributed by atoms with Crippen LogP contribution in [0.3, 0.4) is 0 Å². The zero-order chi connectivity index (χ0) is 18.6. The van der Waals surface area contributed by atoms with Crippen molar-refractivity contribution < 1.29 is 4.74 Å². The summed E-state index contributed by atoms with van der Waals surface area (Å²) in [4.78, 5) is 9.32. The Hall–Kier alpha value is -1.96. The predicted molar refractivity (Wildman–Crippen MR) is 126 cm³/mol. The number of halogens is 1. The van der Waals surface area contributed by atoms with Crippen molar-refractivity contribution in [2.45, 2.75) is 18.4 Å². The lowest BCUT2D eigenvalue weighted by molar-refractivity contribution is 0.371. The summed E-state index contributed by atoms with van der Waals surface area (Å²) in [6.45, 7) is 3.92. The van der Waals surface area contributed by atoms with Crippen molar-refractivity contribution in [1.29, 1.82) is 0 Å². The number of methoxy groups -OCH3 is 1. The molecular weight excluding hydrogens is 463 g/mol. The molecule has 2 aromatic carbocycles. The van der Waals surface area contributed by atoms with Gasteiger partial charge in [0.15, 0.2) is 5.96 Å². The summed E-state index contributed by atoms with van der Waals surface area (Å²) in [6, 6.07) is 19.6. The molecule has 0 spiro atoms. The van der Waals surface area contributed by atoms with Crippen LogP contribution in [0.2, 0.25) is 0 Å². The first-order chi connectivity index (χ1) is 13.3. The van der Waals surface area contributed by atoms with Crippen LogP contribution in [0.25, 0.3) is 0 Å². The maximum absolute atomic E-state index is 5.35. The maximum atomic E-state index is 5.35. The molecule has 4 rings (SSSR count). The van der Waals surface area contributed by atoms with Crippen LogP contribution in [-0.2, 0) is 0 Å². The second-order valence-electron chi connectivity index (χ2n) is 7.23. The largest absolute Gasteiger partial charge is 0.497 e. The van der Waals surface area contributed by atoms with E-state index < -0.39 is 0 Å². The van der Waals surface area contributed by atoms with Crippen LogP contribution in [-0.4, -0.2) is 57.2 Å². The van der Waals surface area contributed by atoms with Crippen LogP contribution in [0.5, 0.6) is 5.75 Å². The Labute approximate surface area is 184 Å². The molecule has 6 heteroatoms. The van der Waals surface area contributed by atoms with Gasteiger partial charge in [0, 0.05) is 56.9 Å². The summed E-state index contributed by atoms with van der Waals surface area (Å²) in [6.07, 6.45) is 1.19. The van der Waals surface area contributed by atoms with Gasteiger partial charge in [0.25, 0.3) is 0 Å². The first-order valence-corrected chi connectivity index (χ1v) is 9.70. The lowest BCUT2D eigenvalue weighted by Crippen LogP contribution is -2.53. The molecule has 2 atom stereocenters. The van der Waals surface area contributed by atoms with Crippen LogP contribution in [0, 0.1) is 0 Å². The van der Waals surface area contributed by atoms with Gasteiger partial charge in [-0.3, -0.25) is 4.99 Å². The number of benzene rings is 2. The summed E-state index contributed by atoms with van der Waals surface area (Å²) in [5.74, 6) is 2.55. The van der Waals surface area contributed by atoms with Crippen molar-refractivity contribution in [2.75, 3.05) is 45.2 Å². The smallest absolute Gasteiger partial charge is 0.194 e. The number of hydrogen-bond acceptors (Lipinski definition) is 3. The standard InChI is InChI=1S/C22H28N4O.HI/c1-23-22(24-21-16-20(21)17-7-4-3-5-8-17)26-13-11-25(12-14-26)18-9-6-10-19(15-18)27-2;/h3-10,15,20-21H,11-14,16H2,1-2H3,(H,23,24);1H. The molecular formula is C22H29IN4O. The highest BCUT2D eigenvalue weighted by Gasteiger charge is 2.39. The number of guanidine groups is 1. The number of rotatable bonds is 4. The van der Waals surface area contributed by atoms with E-state index in [-0.39, 0.29) is 24.0 Å². The molecule has 28 heavy (non-hydrogen) atoms. The minimum Gasteiger partial charge on any atom is -0.497 e. The topological polar surface area (TPSA) is 40.1 Å². The van der Waals surface area contributed by atoms with Gasteiger partial charge in [0.2, 0.25) is 0 Å². The van der Waals surface area contributed by atoms with Crippen LogP contribution >= 0.6 is 24.0 Å². The Bertz CT molecular complexity index is 790. The zero-order valence-corrected chi connectivity index (χ0v) is 18.9. The molecule has 2 aromatic rings. The normalized spacial score (nSPS) is 21.7. The molecule has 1 heterocycles. The average Bonchev–Trinajstić information content (AvgIpc) is 3.52. The monoisotopic (exact) mass is 492 g/mol. The van der Waals surface area contributed by atoms with E-state index in [2.05, 4.69) is 68.6 Å². The third-order valence-corrected chi connectivity index (χ3v) is 5.54. The van der Waals surface area contributed by atoms with E-state index in [1.807, 2.05) is 13.1 Å². The minimum absolute atomic E-state index is 0. The van der Waals surface area contributed by atoms with E-state index in [0.29, 0.717) is 12.0 Å². The Morgan fingerprint density at radius 3 is 2.46 bits per heavy atom. The van der Waals surface area contributed by atoms with Gasteiger partial charge in [-0.1, -0.05) is 36.4 Å². The van der Waals surface area contributed by atoms with E-state index in [9.17, 15) is 0 Å². The number of nitrogens with zero attached hydrogens (tertiary/aromatic N) is 3. The lowest BCUT2D eigenvalue weighted by atomic mass is 10.1. The van der Waals surface area contributed by atoms with Crippen LogP contribution in [0.1, 0.15) is 17.9 Å². The lowest BCUT2D eigenvalue weighted by Gasteiger charge is -2.37. The molecule has 5 nitrogen and oxygen atoms in total. The SMILES string of the molecule is CN=C(NC1CC1c1ccccc1)N1CCN(c2cccc(OC)c2)CC1.I. The fourth-order valence-electron chi connectivity index (χ4n) is 3.87. The summed E-state index contributed by atoms with van der Waals surface area (Å²) in [5.41, 5.74) is 2.65. The predicted octanol–water partition coefficient (Wildman–Crippen LogP) is 3.57. The second kappa shape index (κ2) is 9.49. The molecule has 2 aliphatic rings. The third kappa shape index (κ3) is 4.71. The van der Waals surface area contributed by atoms with E-state index >= 15 is 0 Å². The highest BCUT2D eigenvalue weighted by atomic mass is 127. The van der Waals surface area contributed by atoms with Crippen molar-refractivity contribution in [3.8, 4) is 5.75 Å². The molecule has 1 aliphatic carbocycles. The number of anilines is 1. The zero-order valence-electron chi connectivity index (χ0n) is 16.5. The summed E-state index contributed by atoms with van der Waals surface area (Å²) >= 11 is 0. The quantitative estimate of drug-likeness (QED) is 0.403. The minimum atomic E-state index is 0. The highest BCUT2D eigenvalue weighted by Crippen LogP contribution is 2.40. The van der Waals surface area contributed by atoms with Gasteiger partial charge in [0.05, 0.1) is 7.11 Å². The summed E-state index contributed by atoms with van der Waals surface area (Å²) in [5, 5.41) is 3.67. The molecule has 2 unspecified atom stereocenters. The van der Waals surface area contributed by atoms with Crippen molar-refractivity contribution in [3.63, 3.8) is 0 Å². The number of hydrogen-bond donors (Lipinski definition) is 1. The Balaban J connectivity index is 0.00000225. The van der Waals surface area contributed by atoms with E-state index in [1.165, 1.54) is 17.7 Å². The molecule has 0 aromatic heterocycles. The van der Waals surface area contributed by atoms with E-state index in [1.54, 1.807) is 7.11 Å². The van der Waals surface area contributed by atoms with Crippen LogP contribution in [0.4, 0.5) is 5.69 Å². The molecule has 1 saturated carbocycles. The molecule has 150 valence electrons. The van der Waals surface area contributed by atoms with Gasteiger partial charge in [0.1, 0.15) is 5.75 Å². The number of aliphatic imine (C=N–C) groups is 1. The molecule has 0 bridgehead atoms. The van der Waals surface area contributed by atoms with Crippen molar-refractivity contribution in [3.05, 3.63) is 60.2 Å². The molecule has 1 saturated heterocycles. The van der Waals surface area contributed by atoms with E-state index in [0.717, 1.165) is 37.9 Å². The first kappa shape index (κ1) is 20.8. The van der Waals surface area contributed by atoms with Gasteiger partial charge in [-0.2, -0.15) is 0 Å². The molecule has 0 radical (unpaired) electrons. The van der Waals surface area contributed by atoms with Crippen molar-refractivity contribution in [1.82, 2.24) is 10.2 Å². The Kier molecular flexibility index (Phi) is 7.04. The molecule has 2 fully saturated rings. The summed E-state index contributed by atoms with van der Waals surface area (Å²) < 4.78 is 5.35. The molecule has 1 N–H and O–H groups in total. The fourth-order valence-corrected chi connectivity index (χ4v) is 3.87. The van der Waals surface area contributed by atoms with Gasteiger partial charge < -0.3 is 19.9 Å². The van der Waals surface area contributed by atoms with Crippen molar-refractivity contribution in [2.24, 2.45) is 4.99 Å². The summed E-state index contributed by atoms with van der Waals surface area (Å²) in [7, 11) is 3.60. The van der Waals surface area contributed by atoms with Crippen molar-refractivity contribution >= 4 is 35.6 Å². The van der Waals surface area contributed by atoms with E-state index in [4.69, 9.17) is 4.74 Å². The van der Waals surface area contributed by atoms with Gasteiger partial charge in [-0.15, -0.1) is 24.0 Å². The third-order valence-electron chi connectivity index (χ3n) is 5.54. The van der Waals surface area contributed by atoms with Crippen LogP contribution in [0.15, 0.2) is 59.6 Å². The number of ether oxygens (including phenoxy) is 1. The van der Waals surface area contributed by atoms with Gasteiger partial charge in [-0.05, 0) is 24.1 Å². The maximum Gasteiger partial charge on any atom is 0.194 e. The molecule has 1 aliphatic heterocycles. The Morgan fingerprint density at radius 1 is 1.04 bits per heavy atom. The number of nitrogens with one attached hydrogen (secondary N) is 1. The average molecular weight is 492 g/mol. The first-order valence-electron chi connectivity index (χ1n) is 9.70. The van der Waals surface area contributed by atoms with Gasteiger partial charge in [-0.25, -0.2) is 0 Å². The molecule has 0 amide bonds. The second-order valence-corrected chi connectivity index (χ2v) is 7.23. The highest BCUT2D eigenvalue weighted by molar-refractivity contribution is 14.0. The number of piperazine rings is 1.